The minimum atomic E-state index is -0.523. The molecule has 0 heterocycles. The summed E-state index contributed by atoms with van der Waals surface area (Å²) >= 11 is 0. The Hall–Kier alpha value is -1.72. The minimum Gasteiger partial charge on any atom is -0.381 e. The summed E-state index contributed by atoms with van der Waals surface area (Å²) in [6, 6.07) is 7.98. The molecule has 29 heavy (non-hydrogen) atoms. The number of carbonyl (C=O) groups excluding carboxylic acids is 2. The van der Waals surface area contributed by atoms with E-state index >= 15 is 0 Å². The lowest BCUT2D eigenvalue weighted by Crippen LogP contribution is -2.24. The van der Waals surface area contributed by atoms with Crippen LogP contribution < -0.4 is 0 Å². The molecule has 5 heteroatoms. The molecule has 0 saturated carbocycles. The number of ether oxygens (including phenoxy) is 1. The molecule has 0 aliphatic rings. The molecule has 0 N–H and O–H groups in total. The highest BCUT2D eigenvalue weighted by molar-refractivity contribution is 5.78. The second kappa shape index (κ2) is 16.1. The summed E-state index contributed by atoms with van der Waals surface area (Å²) in [5, 5.41) is 0. The van der Waals surface area contributed by atoms with Gasteiger partial charge in [0.25, 0.3) is 0 Å². The van der Waals surface area contributed by atoms with E-state index in [0.29, 0.717) is 6.42 Å². The van der Waals surface area contributed by atoms with Gasteiger partial charge in [-0.1, -0.05) is 76.1 Å². The number of benzene rings is 1. The first-order chi connectivity index (χ1) is 14.2. The Labute approximate surface area is 176 Å². The highest BCUT2D eigenvalue weighted by Crippen LogP contribution is 2.29. The lowest BCUT2D eigenvalue weighted by atomic mass is 9.87. The van der Waals surface area contributed by atoms with E-state index in [1.807, 2.05) is 18.2 Å². The molecule has 0 aromatic heterocycles. The van der Waals surface area contributed by atoms with Gasteiger partial charge in [-0.2, -0.15) is 4.89 Å². The number of aldehydes is 1. The molecule has 0 aliphatic carbocycles. The number of hydrogen-bond donors (Lipinski definition) is 0. The smallest absolute Gasteiger partial charge is 0.349 e. The van der Waals surface area contributed by atoms with Gasteiger partial charge in [0.1, 0.15) is 6.29 Å². The Bertz CT molecular complexity index is 572. The van der Waals surface area contributed by atoms with Crippen LogP contribution in [-0.4, -0.2) is 32.6 Å². The van der Waals surface area contributed by atoms with Gasteiger partial charge in [-0.05, 0) is 30.4 Å². The van der Waals surface area contributed by atoms with Gasteiger partial charge < -0.3 is 9.53 Å². The zero-order valence-corrected chi connectivity index (χ0v) is 18.4. The summed E-state index contributed by atoms with van der Waals surface area (Å²) < 4.78 is 5.38. The maximum atomic E-state index is 12.6. The van der Waals surface area contributed by atoms with Crippen molar-refractivity contribution in [2.24, 2.45) is 0 Å². The van der Waals surface area contributed by atoms with Crippen molar-refractivity contribution in [3.8, 4) is 0 Å². The predicted octanol–water partition coefficient (Wildman–Crippen LogP) is 5.55. The molecule has 0 aliphatic heterocycles. The minimum absolute atomic E-state index is 0.244. The first kappa shape index (κ1) is 25.3. The van der Waals surface area contributed by atoms with Gasteiger partial charge in [0.05, 0.1) is 19.1 Å². The number of hydrogen-bond acceptors (Lipinski definition) is 5. The lowest BCUT2D eigenvalue weighted by Gasteiger charge is -2.22. The van der Waals surface area contributed by atoms with Crippen LogP contribution in [0.4, 0.5) is 0 Å². The van der Waals surface area contributed by atoms with E-state index in [0.717, 1.165) is 30.3 Å². The summed E-state index contributed by atoms with van der Waals surface area (Å²) in [5.74, 6) is -0.978. The molecule has 164 valence electrons. The van der Waals surface area contributed by atoms with Crippen LogP contribution in [0.1, 0.15) is 88.2 Å². The summed E-state index contributed by atoms with van der Waals surface area (Å²) in [5.41, 5.74) is 2.09. The van der Waals surface area contributed by atoms with E-state index in [4.69, 9.17) is 9.62 Å². The summed E-state index contributed by atoms with van der Waals surface area (Å²) in [7, 11) is 2.87. The van der Waals surface area contributed by atoms with Crippen molar-refractivity contribution in [2.45, 2.75) is 89.6 Å². The number of methoxy groups -OCH3 is 1. The van der Waals surface area contributed by atoms with Gasteiger partial charge in [-0.3, -0.25) is 4.89 Å². The topological polar surface area (TPSA) is 61.8 Å². The van der Waals surface area contributed by atoms with E-state index in [9.17, 15) is 9.59 Å². The summed E-state index contributed by atoms with van der Waals surface area (Å²) in [4.78, 5) is 32.9. The highest BCUT2D eigenvalue weighted by Gasteiger charge is 2.28. The summed E-state index contributed by atoms with van der Waals surface area (Å²) in [6.45, 7) is 2.24. The Kier molecular flexibility index (Phi) is 14.1. The maximum Gasteiger partial charge on any atom is 0.349 e. The molecule has 0 saturated heterocycles. The average molecular weight is 407 g/mol. The normalized spacial score (nSPS) is 13.1. The van der Waals surface area contributed by atoms with E-state index in [1.165, 1.54) is 52.1 Å². The van der Waals surface area contributed by atoms with Crippen molar-refractivity contribution in [3.05, 3.63) is 35.4 Å². The van der Waals surface area contributed by atoms with Crippen molar-refractivity contribution < 1.29 is 24.1 Å². The monoisotopic (exact) mass is 406 g/mol. The van der Waals surface area contributed by atoms with Crippen molar-refractivity contribution >= 4 is 12.3 Å². The van der Waals surface area contributed by atoms with Gasteiger partial charge in [0.15, 0.2) is 0 Å². The van der Waals surface area contributed by atoms with E-state index in [1.54, 1.807) is 7.11 Å². The van der Waals surface area contributed by atoms with Crippen molar-refractivity contribution in [3.63, 3.8) is 0 Å². The quantitative estimate of drug-likeness (QED) is 0.147. The molecule has 0 amide bonds. The molecule has 1 aromatic carbocycles. The van der Waals surface area contributed by atoms with E-state index in [-0.39, 0.29) is 12.5 Å². The predicted molar refractivity (Wildman–Crippen MR) is 115 cm³/mol. The van der Waals surface area contributed by atoms with Gasteiger partial charge in [-0.25, -0.2) is 4.79 Å². The zero-order chi connectivity index (χ0) is 21.3. The molecule has 0 radical (unpaired) electrons. The second-order valence-electron chi connectivity index (χ2n) is 7.54. The van der Waals surface area contributed by atoms with Gasteiger partial charge in [0.2, 0.25) is 0 Å². The largest absolute Gasteiger partial charge is 0.381 e. The Morgan fingerprint density at radius 1 is 1.00 bits per heavy atom. The van der Waals surface area contributed by atoms with Crippen LogP contribution in [-0.2, 0) is 30.5 Å². The van der Waals surface area contributed by atoms with E-state index in [2.05, 4.69) is 17.9 Å². The fourth-order valence-electron chi connectivity index (χ4n) is 3.70. The fraction of sp³-hybridized carbons (Fsp3) is 0.667. The van der Waals surface area contributed by atoms with Crippen molar-refractivity contribution in [2.75, 3.05) is 14.2 Å². The van der Waals surface area contributed by atoms with E-state index < -0.39 is 11.9 Å². The van der Waals surface area contributed by atoms with Crippen LogP contribution in [0.5, 0.6) is 0 Å². The van der Waals surface area contributed by atoms with Gasteiger partial charge >= 0.3 is 5.97 Å². The lowest BCUT2D eigenvalue weighted by molar-refractivity contribution is -0.257. The first-order valence-electron chi connectivity index (χ1n) is 11.0. The Balaban J connectivity index is 2.73. The maximum absolute atomic E-state index is 12.6. The Morgan fingerprint density at radius 3 is 2.28 bits per heavy atom. The molecule has 1 aromatic rings. The number of aryl methyl sites for hydroxylation is 1. The number of carbonyl (C=O) groups is 2. The third kappa shape index (κ3) is 10.0. The molecule has 0 bridgehead atoms. The SMILES string of the molecule is CCCCCCCCCCc1ccccc1C(CC(CC=O)OC)C(=O)OOC. The zero-order valence-electron chi connectivity index (χ0n) is 18.4. The fourth-order valence-corrected chi connectivity index (χ4v) is 3.70. The molecule has 5 nitrogen and oxygen atoms in total. The molecule has 0 spiro atoms. The number of rotatable bonds is 17. The van der Waals surface area contributed by atoms with Gasteiger partial charge in [-0.15, -0.1) is 0 Å². The third-order valence-corrected chi connectivity index (χ3v) is 5.37. The number of unbranched alkanes of at least 4 members (excludes halogenated alkanes) is 7. The second-order valence-corrected chi connectivity index (χ2v) is 7.54. The van der Waals surface area contributed by atoms with Crippen LogP contribution in [0.25, 0.3) is 0 Å². The highest BCUT2D eigenvalue weighted by atomic mass is 17.2. The standard InChI is InChI=1S/C24H38O5/c1-4-5-6-7-8-9-10-11-14-20-15-12-13-16-22(20)23(24(26)29-28-3)19-21(27-2)17-18-25/h12-13,15-16,18,21,23H,4-11,14,17,19H2,1-3H3. The van der Waals surface area contributed by atoms with Crippen molar-refractivity contribution in [1.29, 1.82) is 0 Å². The molecular formula is C24H38O5. The molecule has 0 fully saturated rings. The van der Waals surface area contributed by atoms with Crippen LogP contribution in [0, 0.1) is 0 Å². The van der Waals surface area contributed by atoms with Crippen LogP contribution in [0.15, 0.2) is 24.3 Å². The molecule has 2 atom stereocenters. The molecular weight excluding hydrogens is 368 g/mol. The van der Waals surface area contributed by atoms with Crippen molar-refractivity contribution in [1.82, 2.24) is 0 Å². The van der Waals surface area contributed by atoms with Crippen LogP contribution in [0.2, 0.25) is 0 Å². The van der Waals surface area contributed by atoms with Crippen LogP contribution >= 0.6 is 0 Å². The average Bonchev–Trinajstić information content (AvgIpc) is 2.73. The summed E-state index contributed by atoms with van der Waals surface area (Å²) in [6.07, 6.45) is 12.1. The first-order valence-corrected chi connectivity index (χ1v) is 11.0. The Morgan fingerprint density at radius 2 is 1.66 bits per heavy atom. The molecule has 2 unspecified atom stereocenters. The molecule has 1 rings (SSSR count). The van der Waals surface area contributed by atoms with Crippen LogP contribution in [0.3, 0.4) is 0 Å². The third-order valence-electron chi connectivity index (χ3n) is 5.37. The van der Waals surface area contributed by atoms with Gasteiger partial charge in [0, 0.05) is 13.5 Å².